The Labute approximate surface area is 69.6 Å². The maximum absolute atomic E-state index is 4.02. The molecule has 1 aliphatic heterocycles. The zero-order valence-corrected chi connectivity index (χ0v) is 7.13. The number of rotatable bonds is 4. The van der Waals surface area contributed by atoms with Crippen LogP contribution in [0.5, 0.6) is 0 Å². The van der Waals surface area contributed by atoms with Crippen molar-refractivity contribution in [2.45, 2.75) is 0 Å². The fourth-order valence-corrected chi connectivity index (χ4v) is 1.96. The minimum Gasteiger partial charge on any atom is -0.316 e. The van der Waals surface area contributed by atoms with Crippen molar-refractivity contribution >= 4 is 0 Å². The van der Waals surface area contributed by atoms with Crippen LogP contribution in [0.15, 0.2) is 25.3 Å². The van der Waals surface area contributed by atoms with Crippen molar-refractivity contribution in [1.82, 2.24) is 0 Å². The molecule has 0 aromatic rings. The molecule has 61 valence electrons. The van der Waals surface area contributed by atoms with E-state index in [0.29, 0.717) is 5.92 Å². The maximum Gasteiger partial charge on any atom is 0.0973 e. The highest BCUT2D eigenvalue weighted by atomic mass is 15.4. The van der Waals surface area contributed by atoms with Gasteiger partial charge in [-0.3, -0.25) is 0 Å². The second-order valence-corrected chi connectivity index (χ2v) is 3.52. The Morgan fingerprint density at radius 3 is 1.91 bits per heavy atom. The second kappa shape index (κ2) is 3.22. The third-order valence-electron chi connectivity index (χ3n) is 2.32. The first-order valence-electron chi connectivity index (χ1n) is 4.12. The summed E-state index contributed by atoms with van der Waals surface area (Å²) in [6.45, 7) is 16.1. The molecule has 0 N–H and O–H groups in total. The van der Waals surface area contributed by atoms with Crippen LogP contribution in [0.3, 0.4) is 0 Å². The SMILES string of the molecule is [CH2]C1C[N+](CC=C)(CC=C)C1. The van der Waals surface area contributed by atoms with Crippen LogP contribution >= 0.6 is 0 Å². The van der Waals surface area contributed by atoms with Gasteiger partial charge in [0.05, 0.1) is 32.1 Å². The van der Waals surface area contributed by atoms with Crippen molar-refractivity contribution in [3.8, 4) is 0 Å². The van der Waals surface area contributed by atoms with E-state index in [-0.39, 0.29) is 0 Å². The smallest absolute Gasteiger partial charge is 0.0973 e. The molecule has 0 aromatic heterocycles. The molecule has 1 saturated heterocycles. The molecule has 0 aliphatic carbocycles. The quantitative estimate of drug-likeness (QED) is 0.423. The normalized spacial score (nSPS) is 22.3. The van der Waals surface area contributed by atoms with Gasteiger partial charge in [-0.2, -0.15) is 0 Å². The highest BCUT2D eigenvalue weighted by Crippen LogP contribution is 2.24. The van der Waals surface area contributed by atoms with Crippen LogP contribution in [0.2, 0.25) is 0 Å². The minimum atomic E-state index is 0.648. The second-order valence-electron chi connectivity index (χ2n) is 3.52. The maximum atomic E-state index is 4.02. The van der Waals surface area contributed by atoms with Gasteiger partial charge in [0.1, 0.15) is 0 Å². The van der Waals surface area contributed by atoms with E-state index < -0.39 is 0 Å². The standard InChI is InChI=1S/C10H17N/c1-4-6-11(7-5-2)8-10(3)9-11/h4-5,10H,1-3,6-9H2/q+1. The van der Waals surface area contributed by atoms with Crippen LogP contribution < -0.4 is 0 Å². The zero-order valence-electron chi connectivity index (χ0n) is 7.13. The molecule has 1 heteroatoms. The number of nitrogens with zero attached hydrogens (tertiary/aromatic N) is 1. The van der Waals surface area contributed by atoms with Crippen LogP contribution in [0.25, 0.3) is 0 Å². The van der Waals surface area contributed by atoms with Crippen LogP contribution in [0, 0.1) is 12.8 Å². The molecule has 0 unspecified atom stereocenters. The van der Waals surface area contributed by atoms with Gasteiger partial charge in [0.15, 0.2) is 0 Å². The van der Waals surface area contributed by atoms with Gasteiger partial charge in [0, 0.05) is 0 Å². The molecule has 0 saturated carbocycles. The van der Waals surface area contributed by atoms with E-state index in [2.05, 4.69) is 20.1 Å². The topological polar surface area (TPSA) is 0 Å². The number of hydrogen-bond acceptors (Lipinski definition) is 0. The third kappa shape index (κ3) is 1.72. The first-order chi connectivity index (χ1) is 5.22. The summed E-state index contributed by atoms with van der Waals surface area (Å²) < 4.78 is 1.13. The van der Waals surface area contributed by atoms with Gasteiger partial charge in [-0.15, -0.1) is 0 Å². The molecule has 0 aromatic carbocycles. The summed E-state index contributed by atoms with van der Waals surface area (Å²) in [5, 5.41) is 0. The van der Waals surface area contributed by atoms with Gasteiger partial charge in [-0.25, -0.2) is 0 Å². The number of likely N-dealkylation sites (tertiary alicyclic amines) is 1. The molecule has 0 spiro atoms. The van der Waals surface area contributed by atoms with Crippen molar-refractivity contribution < 1.29 is 4.48 Å². The van der Waals surface area contributed by atoms with Gasteiger partial charge in [0.2, 0.25) is 0 Å². The minimum absolute atomic E-state index is 0.648. The van der Waals surface area contributed by atoms with E-state index in [4.69, 9.17) is 0 Å². The molecule has 0 atom stereocenters. The zero-order chi connectivity index (χ0) is 8.32. The predicted molar refractivity (Wildman–Crippen MR) is 49.0 cm³/mol. The van der Waals surface area contributed by atoms with E-state index in [1.165, 1.54) is 13.1 Å². The largest absolute Gasteiger partial charge is 0.316 e. The molecule has 11 heavy (non-hydrogen) atoms. The average Bonchev–Trinajstić information content (AvgIpc) is 1.86. The van der Waals surface area contributed by atoms with E-state index in [1.54, 1.807) is 0 Å². The van der Waals surface area contributed by atoms with E-state index in [1.807, 2.05) is 12.2 Å². The molecule has 0 amide bonds. The summed E-state index contributed by atoms with van der Waals surface area (Å²) in [5.74, 6) is 0.648. The number of hydrogen-bond donors (Lipinski definition) is 0. The molecule has 1 aliphatic rings. The summed E-state index contributed by atoms with van der Waals surface area (Å²) in [6.07, 6.45) is 3.99. The Balaban J connectivity index is 2.45. The van der Waals surface area contributed by atoms with Gasteiger partial charge in [0.25, 0.3) is 0 Å². The molecular formula is C10H17N+. The first kappa shape index (κ1) is 8.54. The predicted octanol–water partition coefficient (Wildman–Crippen LogP) is 1.64. The summed E-state index contributed by atoms with van der Waals surface area (Å²) in [6, 6.07) is 0. The highest BCUT2D eigenvalue weighted by Gasteiger charge is 2.39. The van der Waals surface area contributed by atoms with Gasteiger partial charge in [-0.1, -0.05) is 13.2 Å². The summed E-state index contributed by atoms with van der Waals surface area (Å²) >= 11 is 0. The Hall–Kier alpha value is -0.560. The fourth-order valence-electron chi connectivity index (χ4n) is 1.96. The lowest BCUT2D eigenvalue weighted by Crippen LogP contribution is -2.62. The molecule has 1 rings (SSSR count). The van der Waals surface area contributed by atoms with Crippen molar-refractivity contribution in [3.05, 3.63) is 32.2 Å². The Morgan fingerprint density at radius 1 is 1.18 bits per heavy atom. The van der Waals surface area contributed by atoms with Gasteiger partial charge in [-0.05, 0) is 19.1 Å². The molecule has 0 bridgehead atoms. The summed E-state index contributed by atoms with van der Waals surface area (Å²) in [7, 11) is 0. The third-order valence-corrected chi connectivity index (χ3v) is 2.32. The van der Waals surface area contributed by atoms with Gasteiger partial charge >= 0.3 is 0 Å². The van der Waals surface area contributed by atoms with Crippen molar-refractivity contribution in [2.75, 3.05) is 26.2 Å². The molecular weight excluding hydrogens is 134 g/mol. The Kier molecular flexibility index (Phi) is 2.50. The Bertz CT molecular complexity index is 142. The lowest BCUT2D eigenvalue weighted by atomic mass is 9.97. The fraction of sp³-hybridized carbons (Fsp3) is 0.500. The summed E-state index contributed by atoms with van der Waals surface area (Å²) in [4.78, 5) is 0. The van der Waals surface area contributed by atoms with Crippen LogP contribution in [-0.2, 0) is 0 Å². The van der Waals surface area contributed by atoms with Crippen molar-refractivity contribution in [3.63, 3.8) is 0 Å². The first-order valence-corrected chi connectivity index (χ1v) is 4.12. The monoisotopic (exact) mass is 151 g/mol. The van der Waals surface area contributed by atoms with Crippen molar-refractivity contribution in [1.29, 1.82) is 0 Å². The van der Waals surface area contributed by atoms with Crippen LogP contribution in [-0.4, -0.2) is 30.7 Å². The highest BCUT2D eigenvalue weighted by molar-refractivity contribution is 4.80. The molecule has 1 heterocycles. The lowest BCUT2D eigenvalue weighted by molar-refractivity contribution is -0.961. The molecule has 1 nitrogen and oxygen atoms in total. The summed E-state index contributed by atoms with van der Waals surface area (Å²) in [5.41, 5.74) is 0. The molecule has 1 radical (unpaired) electrons. The van der Waals surface area contributed by atoms with E-state index >= 15 is 0 Å². The average molecular weight is 151 g/mol. The Morgan fingerprint density at radius 2 is 1.64 bits per heavy atom. The van der Waals surface area contributed by atoms with Crippen molar-refractivity contribution in [2.24, 2.45) is 5.92 Å². The van der Waals surface area contributed by atoms with E-state index in [9.17, 15) is 0 Å². The van der Waals surface area contributed by atoms with E-state index in [0.717, 1.165) is 17.6 Å². The van der Waals surface area contributed by atoms with Gasteiger partial charge < -0.3 is 4.48 Å². The van der Waals surface area contributed by atoms with Crippen LogP contribution in [0.1, 0.15) is 0 Å². The van der Waals surface area contributed by atoms with Crippen LogP contribution in [0.4, 0.5) is 0 Å². The molecule has 1 fully saturated rings. The lowest BCUT2D eigenvalue weighted by Gasteiger charge is -2.48. The number of quaternary nitrogens is 1.